The van der Waals surface area contributed by atoms with Crippen molar-refractivity contribution in [3.8, 4) is 0 Å². The molecule has 0 unspecified atom stereocenters. The zero-order chi connectivity index (χ0) is 26.5. The second-order valence-corrected chi connectivity index (χ2v) is 12.2. The van der Waals surface area contributed by atoms with Crippen LogP contribution in [0.4, 0.5) is 13.6 Å². The highest BCUT2D eigenvalue weighted by atomic mass is 32.1. The summed E-state index contributed by atoms with van der Waals surface area (Å²) in [5, 5.41) is 19.8. The van der Waals surface area contributed by atoms with E-state index in [4.69, 9.17) is 4.74 Å². The van der Waals surface area contributed by atoms with Gasteiger partial charge >= 0.3 is 6.09 Å². The normalized spacial score (nSPS) is 17.6. The lowest BCUT2D eigenvalue weighted by molar-refractivity contribution is 0.0408. The van der Waals surface area contributed by atoms with Crippen molar-refractivity contribution in [2.24, 2.45) is 0 Å². The van der Waals surface area contributed by atoms with E-state index in [-0.39, 0.29) is 18.5 Å². The van der Waals surface area contributed by atoms with Crippen molar-refractivity contribution in [1.82, 2.24) is 10.6 Å². The summed E-state index contributed by atoms with van der Waals surface area (Å²) in [6.07, 6.45) is 3.67. The van der Waals surface area contributed by atoms with Gasteiger partial charge in [0.1, 0.15) is 17.2 Å². The number of hydrogen-bond acceptors (Lipinski definition) is 5. The van der Waals surface area contributed by atoms with E-state index >= 15 is 0 Å². The maximum absolute atomic E-state index is 13.8. The van der Waals surface area contributed by atoms with Gasteiger partial charge in [-0.05, 0) is 80.7 Å². The number of alkyl carbamates (subject to hydrolysis) is 1. The number of thiophene rings is 1. The molecule has 1 fully saturated rings. The molecule has 36 heavy (non-hydrogen) atoms. The third-order valence-electron chi connectivity index (χ3n) is 6.64. The fourth-order valence-electron chi connectivity index (χ4n) is 4.80. The maximum Gasteiger partial charge on any atom is 0.407 e. The van der Waals surface area contributed by atoms with Crippen LogP contribution in [0.3, 0.4) is 0 Å². The first kappa shape index (κ1) is 28.5. The van der Waals surface area contributed by atoms with Gasteiger partial charge in [0.25, 0.3) is 0 Å². The molecular formula is C28H40F2N2O3S. The Balaban J connectivity index is 1.79. The van der Waals surface area contributed by atoms with Crippen LogP contribution in [-0.4, -0.2) is 35.5 Å². The van der Waals surface area contributed by atoms with Crippen LogP contribution in [0, 0.1) is 11.6 Å². The molecule has 1 aliphatic carbocycles. The molecule has 0 aliphatic heterocycles. The predicted molar refractivity (Wildman–Crippen MR) is 140 cm³/mol. The highest BCUT2D eigenvalue weighted by Gasteiger charge is 2.36. The van der Waals surface area contributed by atoms with Crippen LogP contribution in [0.15, 0.2) is 29.6 Å². The second-order valence-electron chi connectivity index (χ2n) is 11.2. The molecule has 1 aliphatic rings. The van der Waals surface area contributed by atoms with Gasteiger partial charge < -0.3 is 20.5 Å². The van der Waals surface area contributed by atoms with Gasteiger partial charge in [-0.1, -0.05) is 33.1 Å². The summed E-state index contributed by atoms with van der Waals surface area (Å²) >= 11 is 1.76. The Hall–Kier alpha value is -2.03. The highest BCUT2D eigenvalue weighted by molar-refractivity contribution is 7.10. The lowest BCUT2D eigenvalue weighted by Crippen LogP contribution is -2.53. The van der Waals surface area contributed by atoms with E-state index in [1.807, 2.05) is 0 Å². The number of aliphatic hydroxyl groups excluding tert-OH is 1. The molecule has 2 aromatic rings. The number of halogens is 2. The van der Waals surface area contributed by atoms with Gasteiger partial charge in [-0.3, -0.25) is 0 Å². The molecule has 1 heterocycles. The van der Waals surface area contributed by atoms with Crippen molar-refractivity contribution in [3.05, 3.63) is 57.3 Å². The molecular weight excluding hydrogens is 482 g/mol. The Labute approximate surface area is 217 Å². The Bertz CT molecular complexity index is 992. The van der Waals surface area contributed by atoms with Crippen molar-refractivity contribution >= 4 is 17.4 Å². The molecule has 3 rings (SSSR count). The number of amides is 1. The third kappa shape index (κ3) is 7.98. The van der Waals surface area contributed by atoms with Gasteiger partial charge in [-0.15, -0.1) is 11.3 Å². The molecule has 1 aromatic carbocycles. The van der Waals surface area contributed by atoms with Crippen LogP contribution >= 0.6 is 11.3 Å². The van der Waals surface area contributed by atoms with Crippen LogP contribution in [-0.2, 0) is 16.7 Å². The summed E-state index contributed by atoms with van der Waals surface area (Å²) in [7, 11) is 0. The Kier molecular flexibility index (Phi) is 9.52. The van der Waals surface area contributed by atoms with E-state index in [2.05, 4.69) is 35.9 Å². The van der Waals surface area contributed by atoms with Crippen LogP contribution in [0.5, 0.6) is 0 Å². The Morgan fingerprint density at radius 1 is 1.11 bits per heavy atom. The SMILES string of the molecule is CC(C)c1cc(C2(NC[C@@H](O)[C@H](Cc3cc(F)cc(F)c3)NC(=O)OC(C)(C)C)CCCCC2)cs1. The van der Waals surface area contributed by atoms with E-state index in [1.54, 1.807) is 32.1 Å². The summed E-state index contributed by atoms with van der Waals surface area (Å²) in [5.74, 6) is -0.953. The summed E-state index contributed by atoms with van der Waals surface area (Å²) < 4.78 is 33.0. The van der Waals surface area contributed by atoms with Gasteiger partial charge in [0, 0.05) is 23.0 Å². The molecule has 8 heteroatoms. The van der Waals surface area contributed by atoms with Crippen molar-refractivity contribution in [1.29, 1.82) is 0 Å². The molecule has 1 aromatic heterocycles. The average molecular weight is 523 g/mol. The molecule has 200 valence electrons. The number of benzene rings is 1. The minimum absolute atomic E-state index is 0.0553. The summed E-state index contributed by atoms with van der Waals surface area (Å²) in [6.45, 7) is 9.83. The largest absolute Gasteiger partial charge is 0.444 e. The van der Waals surface area contributed by atoms with Gasteiger partial charge in [0.05, 0.1) is 12.1 Å². The van der Waals surface area contributed by atoms with Gasteiger partial charge in [0.2, 0.25) is 0 Å². The van der Waals surface area contributed by atoms with Crippen molar-refractivity contribution in [2.75, 3.05) is 6.54 Å². The standard InChI is InChI=1S/C28H40F2N2O3S/c1-18(2)25-14-20(17-36-25)28(9-7-6-8-10-28)31-16-24(33)23(32-26(34)35-27(3,4)5)13-19-11-21(29)15-22(30)12-19/h11-12,14-15,17-18,23-24,31,33H,6-10,13,16H2,1-5H3,(H,32,34)/t23-,24+/m0/s1. The molecule has 3 N–H and O–H groups in total. The summed E-state index contributed by atoms with van der Waals surface area (Å²) in [4.78, 5) is 13.9. The Morgan fingerprint density at radius 3 is 2.31 bits per heavy atom. The average Bonchev–Trinajstić information content (AvgIpc) is 3.27. The van der Waals surface area contributed by atoms with Crippen molar-refractivity contribution < 1.29 is 23.4 Å². The summed E-state index contributed by atoms with van der Waals surface area (Å²) in [6, 6.07) is 4.70. The molecule has 2 atom stereocenters. The lowest BCUT2D eigenvalue weighted by Gasteiger charge is -2.39. The molecule has 0 saturated heterocycles. The number of rotatable bonds is 9. The minimum Gasteiger partial charge on any atom is -0.444 e. The fourth-order valence-corrected chi connectivity index (χ4v) is 5.82. The van der Waals surface area contributed by atoms with E-state index in [0.29, 0.717) is 11.5 Å². The van der Waals surface area contributed by atoms with Crippen LogP contribution in [0.25, 0.3) is 0 Å². The zero-order valence-corrected chi connectivity index (χ0v) is 22.8. The van der Waals surface area contributed by atoms with Gasteiger partial charge in [-0.2, -0.15) is 0 Å². The minimum atomic E-state index is -1.01. The molecule has 1 amide bonds. The molecule has 0 radical (unpaired) electrons. The van der Waals surface area contributed by atoms with Crippen molar-refractivity contribution in [3.63, 3.8) is 0 Å². The fraction of sp³-hybridized carbons (Fsp3) is 0.607. The number of carbonyl (C=O) groups is 1. The van der Waals surface area contributed by atoms with E-state index in [1.165, 1.54) is 29.0 Å². The lowest BCUT2D eigenvalue weighted by atomic mass is 9.77. The quantitative estimate of drug-likeness (QED) is 0.357. The number of hydrogen-bond donors (Lipinski definition) is 3. The van der Waals surface area contributed by atoms with Crippen LogP contribution in [0.1, 0.15) is 88.6 Å². The van der Waals surface area contributed by atoms with Gasteiger partial charge in [0.15, 0.2) is 0 Å². The molecule has 0 spiro atoms. The summed E-state index contributed by atoms with van der Waals surface area (Å²) in [5.41, 5.74) is 0.623. The van der Waals surface area contributed by atoms with Crippen molar-refractivity contribution in [2.45, 2.75) is 102 Å². The van der Waals surface area contributed by atoms with Gasteiger partial charge in [-0.25, -0.2) is 13.6 Å². The first-order valence-electron chi connectivity index (χ1n) is 12.8. The number of ether oxygens (including phenoxy) is 1. The van der Waals surface area contributed by atoms with E-state index < -0.39 is 35.5 Å². The molecule has 5 nitrogen and oxygen atoms in total. The number of nitrogens with one attached hydrogen (secondary N) is 2. The topological polar surface area (TPSA) is 70.6 Å². The molecule has 0 bridgehead atoms. The number of aliphatic hydroxyl groups is 1. The molecule has 1 saturated carbocycles. The van der Waals surface area contributed by atoms with Crippen LogP contribution in [0.2, 0.25) is 0 Å². The first-order chi connectivity index (χ1) is 16.9. The number of carbonyl (C=O) groups excluding carboxylic acids is 1. The third-order valence-corrected chi connectivity index (χ3v) is 7.88. The highest BCUT2D eigenvalue weighted by Crippen LogP contribution is 2.40. The Morgan fingerprint density at radius 2 is 1.75 bits per heavy atom. The first-order valence-corrected chi connectivity index (χ1v) is 13.7. The smallest absolute Gasteiger partial charge is 0.407 e. The van der Waals surface area contributed by atoms with E-state index in [0.717, 1.165) is 31.7 Å². The zero-order valence-electron chi connectivity index (χ0n) is 22.0. The monoisotopic (exact) mass is 522 g/mol. The van der Waals surface area contributed by atoms with Crippen LogP contribution < -0.4 is 10.6 Å². The predicted octanol–water partition coefficient (Wildman–Crippen LogP) is 6.40. The van der Waals surface area contributed by atoms with E-state index in [9.17, 15) is 18.7 Å². The second kappa shape index (κ2) is 12.0. The maximum atomic E-state index is 13.8.